The fourth-order valence-electron chi connectivity index (χ4n) is 4.20. The number of benzene rings is 4. The van der Waals surface area contributed by atoms with Crippen LogP contribution in [0, 0.1) is 5.41 Å². The highest BCUT2D eigenvalue weighted by atomic mass is 14.8. The van der Waals surface area contributed by atoms with Crippen molar-refractivity contribution in [1.82, 2.24) is 9.97 Å². The van der Waals surface area contributed by atoms with Crippen LogP contribution in [0.2, 0.25) is 0 Å². The molecule has 0 unspecified atom stereocenters. The molecule has 0 amide bonds. The summed E-state index contributed by atoms with van der Waals surface area (Å²) in [6, 6.07) is 26.1. The Kier molecular flexibility index (Phi) is 4.09. The molecule has 0 saturated heterocycles. The largest absolute Gasteiger partial charge is 0.236 e. The fraction of sp³-hybridized carbons (Fsp3) is 0.185. The maximum Gasteiger partial charge on any atom is 0.116 e. The van der Waals surface area contributed by atoms with Crippen molar-refractivity contribution in [3.05, 3.63) is 84.7 Å². The number of hydrogen-bond donors (Lipinski definition) is 0. The maximum atomic E-state index is 4.65. The van der Waals surface area contributed by atoms with Gasteiger partial charge in [-0.25, -0.2) is 9.97 Å². The second-order valence-corrected chi connectivity index (χ2v) is 9.04. The summed E-state index contributed by atoms with van der Waals surface area (Å²) in [7, 11) is 0. The average Bonchev–Trinajstić information content (AvgIpc) is 2.71. The molecule has 0 radical (unpaired) electrons. The summed E-state index contributed by atoms with van der Waals surface area (Å²) in [4.78, 5) is 9.30. The van der Waals surface area contributed by atoms with Crippen LogP contribution in [0.1, 0.15) is 26.3 Å². The summed E-state index contributed by atoms with van der Waals surface area (Å²) in [6.45, 7) is 6.84. The first-order chi connectivity index (χ1) is 14.0. The zero-order valence-electron chi connectivity index (χ0n) is 17.1. The minimum Gasteiger partial charge on any atom is -0.236 e. The zero-order chi connectivity index (χ0) is 20.0. The lowest BCUT2D eigenvalue weighted by Crippen LogP contribution is -2.08. The van der Waals surface area contributed by atoms with E-state index >= 15 is 0 Å². The van der Waals surface area contributed by atoms with Crippen LogP contribution in [0.4, 0.5) is 0 Å². The van der Waals surface area contributed by atoms with Gasteiger partial charge in [-0.15, -0.1) is 0 Å². The first-order valence-corrected chi connectivity index (χ1v) is 10.1. The Labute approximate surface area is 171 Å². The van der Waals surface area contributed by atoms with E-state index in [-0.39, 0.29) is 5.41 Å². The van der Waals surface area contributed by atoms with Crippen LogP contribution in [0.15, 0.2) is 79.1 Å². The normalized spacial score (nSPS) is 12.1. The van der Waals surface area contributed by atoms with Crippen molar-refractivity contribution < 1.29 is 0 Å². The molecule has 2 heteroatoms. The van der Waals surface area contributed by atoms with Gasteiger partial charge >= 0.3 is 0 Å². The van der Waals surface area contributed by atoms with Crippen molar-refractivity contribution >= 4 is 32.4 Å². The van der Waals surface area contributed by atoms with Crippen molar-refractivity contribution in [1.29, 1.82) is 0 Å². The predicted molar refractivity (Wildman–Crippen MR) is 123 cm³/mol. The van der Waals surface area contributed by atoms with Crippen molar-refractivity contribution in [2.45, 2.75) is 27.2 Å². The van der Waals surface area contributed by atoms with Gasteiger partial charge in [-0.05, 0) is 45.7 Å². The maximum absolute atomic E-state index is 4.65. The highest BCUT2D eigenvalue weighted by Gasteiger charge is 2.13. The van der Waals surface area contributed by atoms with Crippen molar-refractivity contribution in [2.24, 2.45) is 5.41 Å². The molecule has 0 aliphatic carbocycles. The predicted octanol–water partition coefficient (Wildman–Crippen LogP) is 7.19. The molecule has 0 saturated carbocycles. The van der Waals surface area contributed by atoms with Gasteiger partial charge in [0.25, 0.3) is 0 Å². The summed E-state index contributed by atoms with van der Waals surface area (Å²) in [6.07, 6.45) is 2.75. The standard InChI is InChI=1S/C27H24N2/c1-27(2,3)16-18-8-12-23-21(14-18)11-13-24-25(28-17-29-26(23)24)22-10-9-19-6-4-5-7-20(19)15-22/h4-15,17H,16H2,1-3H3. The second kappa shape index (κ2) is 6.66. The van der Waals surface area contributed by atoms with Gasteiger partial charge in [-0.2, -0.15) is 0 Å². The number of hydrogen-bond acceptors (Lipinski definition) is 2. The van der Waals surface area contributed by atoms with E-state index in [2.05, 4.69) is 104 Å². The SMILES string of the molecule is CC(C)(C)Cc1ccc2c(ccc3c(-c4ccc5ccccc5c4)ncnc32)c1. The molecular weight excluding hydrogens is 352 g/mol. The summed E-state index contributed by atoms with van der Waals surface area (Å²) in [5.74, 6) is 0. The highest BCUT2D eigenvalue weighted by molar-refractivity contribution is 6.09. The van der Waals surface area contributed by atoms with Crippen molar-refractivity contribution in [3.8, 4) is 11.3 Å². The van der Waals surface area contributed by atoms with Gasteiger partial charge in [0, 0.05) is 16.3 Å². The van der Waals surface area contributed by atoms with E-state index in [9.17, 15) is 0 Å². The topological polar surface area (TPSA) is 25.8 Å². The second-order valence-electron chi connectivity index (χ2n) is 9.04. The van der Waals surface area contributed by atoms with Crippen LogP contribution in [0.25, 0.3) is 43.7 Å². The molecule has 5 aromatic rings. The van der Waals surface area contributed by atoms with Crippen molar-refractivity contribution in [2.75, 3.05) is 0 Å². The van der Waals surface area contributed by atoms with Gasteiger partial charge in [0.2, 0.25) is 0 Å². The lowest BCUT2D eigenvalue weighted by molar-refractivity contribution is 0.411. The molecule has 4 aromatic carbocycles. The Bertz CT molecular complexity index is 1360. The Morgan fingerprint density at radius 1 is 0.690 bits per heavy atom. The van der Waals surface area contributed by atoms with Gasteiger partial charge in [0.05, 0.1) is 11.2 Å². The number of rotatable bonds is 2. The van der Waals surface area contributed by atoms with Gasteiger partial charge in [-0.3, -0.25) is 0 Å². The molecule has 2 nitrogen and oxygen atoms in total. The number of fused-ring (bicyclic) bond motifs is 4. The minimum atomic E-state index is 0.274. The molecule has 0 bridgehead atoms. The third kappa shape index (κ3) is 3.36. The zero-order valence-corrected chi connectivity index (χ0v) is 17.1. The Morgan fingerprint density at radius 2 is 1.45 bits per heavy atom. The molecule has 0 atom stereocenters. The molecule has 0 N–H and O–H groups in total. The molecule has 142 valence electrons. The van der Waals surface area contributed by atoms with E-state index in [4.69, 9.17) is 0 Å². The van der Waals surface area contributed by atoms with Gasteiger partial charge < -0.3 is 0 Å². The Hall–Kier alpha value is -3.26. The summed E-state index contributed by atoms with van der Waals surface area (Å²) < 4.78 is 0. The van der Waals surface area contributed by atoms with Crippen LogP contribution in [-0.2, 0) is 6.42 Å². The van der Waals surface area contributed by atoms with Gasteiger partial charge in [0.15, 0.2) is 0 Å². The Morgan fingerprint density at radius 3 is 2.28 bits per heavy atom. The summed E-state index contributed by atoms with van der Waals surface area (Å²) in [5.41, 5.74) is 4.77. The number of aromatic nitrogens is 2. The van der Waals surface area contributed by atoms with Gasteiger partial charge in [-0.1, -0.05) is 81.4 Å². The van der Waals surface area contributed by atoms with E-state index in [1.54, 1.807) is 6.33 Å². The van der Waals surface area contributed by atoms with Crippen LogP contribution >= 0.6 is 0 Å². The lowest BCUT2D eigenvalue weighted by atomic mass is 9.87. The third-order valence-electron chi connectivity index (χ3n) is 5.44. The molecule has 0 aliphatic rings. The van der Waals surface area contributed by atoms with E-state index in [1.165, 1.54) is 27.1 Å². The molecule has 1 aromatic heterocycles. The van der Waals surface area contributed by atoms with Gasteiger partial charge in [0.1, 0.15) is 6.33 Å². The molecule has 5 rings (SSSR count). The minimum absolute atomic E-state index is 0.274. The van der Waals surface area contributed by atoms with Crippen LogP contribution < -0.4 is 0 Å². The van der Waals surface area contributed by atoms with E-state index in [0.29, 0.717) is 0 Å². The fourth-order valence-corrected chi connectivity index (χ4v) is 4.20. The van der Waals surface area contributed by atoms with Crippen LogP contribution in [0.3, 0.4) is 0 Å². The molecule has 0 spiro atoms. The Balaban J connectivity index is 1.68. The molecule has 0 aliphatic heterocycles. The molecule has 1 heterocycles. The summed E-state index contributed by atoms with van der Waals surface area (Å²) >= 11 is 0. The number of nitrogens with zero attached hydrogens (tertiary/aromatic N) is 2. The summed E-state index contributed by atoms with van der Waals surface area (Å²) in [5, 5.41) is 5.99. The van der Waals surface area contributed by atoms with E-state index in [1.807, 2.05) is 0 Å². The van der Waals surface area contributed by atoms with Crippen molar-refractivity contribution in [3.63, 3.8) is 0 Å². The first-order valence-electron chi connectivity index (χ1n) is 10.1. The quantitative estimate of drug-likeness (QED) is 0.305. The molecule has 29 heavy (non-hydrogen) atoms. The smallest absolute Gasteiger partial charge is 0.116 e. The third-order valence-corrected chi connectivity index (χ3v) is 5.44. The average molecular weight is 377 g/mol. The molecular formula is C27H24N2. The van der Waals surface area contributed by atoms with E-state index < -0.39 is 0 Å². The highest BCUT2D eigenvalue weighted by Crippen LogP contribution is 2.33. The van der Waals surface area contributed by atoms with Crippen LogP contribution in [-0.4, -0.2) is 9.97 Å². The first kappa shape index (κ1) is 17.8. The molecule has 0 fully saturated rings. The van der Waals surface area contributed by atoms with Crippen LogP contribution in [0.5, 0.6) is 0 Å². The monoisotopic (exact) mass is 376 g/mol. The lowest BCUT2D eigenvalue weighted by Gasteiger charge is -2.18. The van der Waals surface area contributed by atoms with E-state index in [0.717, 1.165) is 28.6 Å².